The molecular weight excluding hydrogens is 180 g/mol. The summed E-state index contributed by atoms with van der Waals surface area (Å²) in [7, 11) is 3.82. The predicted molar refractivity (Wildman–Crippen MR) is 53.5 cm³/mol. The first-order valence-corrected chi connectivity index (χ1v) is 4.99. The highest BCUT2D eigenvalue weighted by molar-refractivity contribution is 5.24. The molecule has 2 heterocycles. The number of anilines is 1. The zero-order valence-electron chi connectivity index (χ0n) is 8.66. The Hall–Kier alpha value is -1.10. The van der Waals surface area contributed by atoms with Crippen LogP contribution in [0, 0.1) is 0 Å². The Bertz CT molecular complexity index is 291. The average molecular weight is 196 g/mol. The summed E-state index contributed by atoms with van der Waals surface area (Å²) in [6, 6.07) is 0. The van der Waals surface area contributed by atoms with Gasteiger partial charge in [-0.05, 0) is 24.5 Å². The lowest BCUT2D eigenvalue weighted by molar-refractivity contribution is 0.322. The number of nitrogens with zero attached hydrogens (tertiary/aromatic N) is 3. The Balaban J connectivity index is 2.07. The summed E-state index contributed by atoms with van der Waals surface area (Å²) in [5.41, 5.74) is 0. The van der Waals surface area contributed by atoms with Crippen molar-refractivity contribution in [3.63, 3.8) is 0 Å². The van der Waals surface area contributed by atoms with Gasteiger partial charge < -0.3 is 14.7 Å². The summed E-state index contributed by atoms with van der Waals surface area (Å²) < 4.78 is 5.22. The van der Waals surface area contributed by atoms with Crippen molar-refractivity contribution in [2.75, 3.05) is 32.1 Å². The van der Waals surface area contributed by atoms with Crippen molar-refractivity contribution in [3.8, 4) is 0 Å². The van der Waals surface area contributed by atoms with Crippen LogP contribution in [0.15, 0.2) is 4.52 Å². The molecule has 0 saturated carbocycles. The molecule has 0 aromatic carbocycles. The van der Waals surface area contributed by atoms with Crippen molar-refractivity contribution < 1.29 is 4.52 Å². The van der Waals surface area contributed by atoms with E-state index in [0.29, 0.717) is 11.9 Å². The van der Waals surface area contributed by atoms with E-state index >= 15 is 0 Å². The van der Waals surface area contributed by atoms with Crippen LogP contribution in [0.25, 0.3) is 0 Å². The smallest absolute Gasteiger partial charge is 0.265 e. The minimum Gasteiger partial charge on any atom is -0.344 e. The zero-order valence-corrected chi connectivity index (χ0v) is 8.66. The first-order chi connectivity index (χ1) is 6.77. The molecule has 1 unspecified atom stereocenters. The van der Waals surface area contributed by atoms with Crippen molar-refractivity contribution in [1.29, 1.82) is 0 Å². The van der Waals surface area contributed by atoms with Crippen molar-refractivity contribution in [1.82, 2.24) is 15.5 Å². The second kappa shape index (κ2) is 3.96. The van der Waals surface area contributed by atoms with E-state index in [9.17, 15) is 0 Å². The highest BCUT2D eigenvalue weighted by Gasteiger charge is 2.21. The van der Waals surface area contributed by atoms with Gasteiger partial charge in [0.1, 0.15) is 0 Å². The molecule has 1 aliphatic rings. The second-order valence-corrected chi connectivity index (χ2v) is 3.87. The van der Waals surface area contributed by atoms with Gasteiger partial charge in [0.15, 0.2) is 0 Å². The maximum absolute atomic E-state index is 5.22. The first-order valence-electron chi connectivity index (χ1n) is 4.99. The minimum atomic E-state index is 0.393. The molecule has 1 atom stereocenters. The average Bonchev–Trinajstić information content (AvgIpc) is 2.68. The zero-order chi connectivity index (χ0) is 9.97. The third-order valence-corrected chi connectivity index (χ3v) is 2.48. The van der Waals surface area contributed by atoms with E-state index in [1.165, 1.54) is 6.42 Å². The van der Waals surface area contributed by atoms with Gasteiger partial charge >= 0.3 is 0 Å². The molecule has 1 N–H and O–H groups in total. The van der Waals surface area contributed by atoms with Crippen LogP contribution in [0.2, 0.25) is 0 Å². The van der Waals surface area contributed by atoms with Gasteiger partial charge in [-0.2, -0.15) is 4.98 Å². The third kappa shape index (κ3) is 1.87. The summed E-state index contributed by atoms with van der Waals surface area (Å²) in [6.45, 7) is 2.06. The van der Waals surface area contributed by atoms with Gasteiger partial charge in [0.05, 0.1) is 5.92 Å². The predicted octanol–water partition coefficient (Wildman–Crippen LogP) is 0.603. The molecule has 5 nitrogen and oxygen atoms in total. The number of rotatable bonds is 2. The molecule has 1 saturated heterocycles. The Morgan fingerprint density at radius 3 is 2.93 bits per heavy atom. The van der Waals surface area contributed by atoms with Crippen LogP contribution < -0.4 is 10.2 Å². The van der Waals surface area contributed by atoms with Crippen LogP contribution in [-0.2, 0) is 0 Å². The van der Waals surface area contributed by atoms with E-state index in [4.69, 9.17) is 4.52 Å². The van der Waals surface area contributed by atoms with Crippen LogP contribution in [0.5, 0.6) is 0 Å². The van der Waals surface area contributed by atoms with E-state index in [1.54, 1.807) is 0 Å². The number of piperidine rings is 1. The molecule has 2 rings (SSSR count). The van der Waals surface area contributed by atoms with Gasteiger partial charge in [-0.15, -0.1) is 0 Å². The fraction of sp³-hybridized carbons (Fsp3) is 0.778. The lowest BCUT2D eigenvalue weighted by Gasteiger charge is -2.18. The summed E-state index contributed by atoms with van der Waals surface area (Å²) in [5, 5.41) is 7.23. The molecule has 78 valence electrons. The van der Waals surface area contributed by atoms with Crippen LogP contribution >= 0.6 is 0 Å². The summed E-state index contributed by atoms with van der Waals surface area (Å²) >= 11 is 0. The largest absolute Gasteiger partial charge is 0.344 e. The van der Waals surface area contributed by atoms with Crippen LogP contribution in [-0.4, -0.2) is 37.3 Å². The van der Waals surface area contributed by atoms with Crippen LogP contribution in [0.3, 0.4) is 0 Å². The van der Waals surface area contributed by atoms with Crippen molar-refractivity contribution in [2.24, 2.45) is 0 Å². The van der Waals surface area contributed by atoms with Gasteiger partial charge in [0, 0.05) is 20.6 Å². The number of nitrogens with one attached hydrogen (secondary N) is 1. The molecule has 1 aromatic heterocycles. The lowest BCUT2D eigenvalue weighted by Crippen LogP contribution is -2.28. The van der Waals surface area contributed by atoms with E-state index in [0.717, 1.165) is 25.4 Å². The quantitative estimate of drug-likeness (QED) is 0.750. The van der Waals surface area contributed by atoms with Gasteiger partial charge in [-0.25, -0.2) is 0 Å². The summed E-state index contributed by atoms with van der Waals surface area (Å²) in [4.78, 5) is 6.19. The van der Waals surface area contributed by atoms with Gasteiger partial charge in [0.2, 0.25) is 5.89 Å². The number of aromatic nitrogens is 2. The molecule has 0 aliphatic carbocycles. The van der Waals surface area contributed by atoms with Crippen molar-refractivity contribution in [3.05, 3.63) is 5.89 Å². The third-order valence-electron chi connectivity index (χ3n) is 2.48. The van der Waals surface area contributed by atoms with E-state index in [-0.39, 0.29) is 0 Å². The van der Waals surface area contributed by atoms with Crippen LogP contribution in [0.1, 0.15) is 24.7 Å². The SMILES string of the molecule is CN(C)c1noc(C2CCCNC2)n1. The normalized spacial score (nSPS) is 22.3. The topological polar surface area (TPSA) is 54.2 Å². The lowest BCUT2D eigenvalue weighted by atomic mass is 10.00. The highest BCUT2D eigenvalue weighted by Crippen LogP contribution is 2.22. The van der Waals surface area contributed by atoms with Gasteiger partial charge in [-0.1, -0.05) is 0 Å². The molecule has 14 heavy (non-hydrogen) atoms. The standard InChI is InChI=1S/C9H16N4O/c1-13(2)9-11-8(14-12-9)7-4-3-5-10-6-7/h7,10H,3-6H2,1-2H3. The van der Waals surface area contributed by atoms with Crippen LogP contribution in [0.4, 0.5) is 5.95 Å². The minimum absolute atomic E-state index is 0.393. The molecular formula is C9H16N4O. The van der Waals surface area contributed by atoms with E-state index in [2.05, 4.69) is 15.5 Å². The Morgan fingerprint density at radius 2 is 2.36 bits per heavy atom. The number of hydrogen-bond donors (Lipinski definition) is 1. The molecule has 1 fully saturated rings. The fourth-order valence-electron chi connectivity index (χ4n) is 1.64. The van der Waals surface area contributed by atoms with Gasteiger partial charge in [-0.3, -0.25) is 0 Å². The van der Waals surface area contributed by atoms with Crippen molar-refractivity contribution in [2.45, 2.75) is 18.8 Å². The summed E-state index contributed by atoms with van der Waals surface area (Å²) in [5.74, 6) is 1.82. The maximum atomic E-state index is 5.22. The molecule has 0 spiro atoms. The second-order valence-electron chi connectivity index (χ2n) is 3.87. The van der Waals surface area contributed by atoms with Crippen molar-refractivity contribution >= 4 is 5.95 Å². The maximum Gasteiger partial charge on any atom is 0.265 e. The molecule has 1 aliphatic heterocycles. The molecule has 0 amide bonds. The van der Waals surface area contributed by atoms with E-state index in [1.807, 2.05) is 19.0 Å². The molecule has 0 radical (unpaired) electrons. The Morgan fingerprint density at radius 1 is 1.50 bits per heavy atom. The molecule has 0 bridgehead atoms. The highest BCUT2D eigenvalue weighted by atomic mass is 16.5. The monoisotopic (exact) mass is 196 g/mol. The van der Waals surface area contributed by atoms with E-state index < -0.39 is 0 Å². The Kier molecular flexibility index (Phi) is 2.67. The summed E-state index contributed by atoms with van der Waals surface area (Å²) in [6.07, 6.45) is 2.33. The number of hydrogen-bond acceptors (Lipinski definition) is 5. The first kappa shape index (κ1) is 9.45. The Labute approximate surface area is 83.5 Å². The molecule has 5 heteroatoms. The fourth-order valence-corrected chi connectivity index (χ4v) is 1.64. The van der Waals surface area contributed by atoms with Gasteiger partial charge in [0.25, 0.3) is 5.95 Å². The molecule has 1 aromatic rings.